The lowest BCUT2D eigenvalue weighted by molar-refractivity contribution is 0.329. The summed E-state index contributed by atoms with van der Waals surface area (Å²) in [5.41, 5.74) is 3.99. The molecule has 1 aromatic heterocycles. The first kappa shape index (κ1) is 13.2. The Bertz CT molecular complexity index is 348. The third-order valence-corrected chi connectivity index (χ3v) is 3.91. The molecule has 0 aliphatic carbocycles. The van der Waals surface area contributed by atoms with E-state index in [0.717, 1.165) is 25.1 Å². The number of hydrogen-bond acceptors (Lipinski definition) is 2. The maximum atomic E-state index is 4.44. The summed E-state index contributed by atoms with van der Waals surface area (Å²) >= 11 is 0. The summed E-state index contributed by atoms with van der Waals surface area (Å²) in [6.45, 7) is 11.9. The van der Waals surface area contributed by atoms with Crippen molar-refractivity contribution in [3.63, 3.8) is 0 Å². The molecule has 1 aromatic rings. The molecule has 92 valence electrons. The summed E-state index contributed by atoms with van der Waals surface area (Å²) in [6.07, 6.45) is 2.31. The van der Waals surface area contributed by atoms with Gasteiger partial charge in [-0.1, -0.05) is 13.8 Å². The van der Waals surface area contributed by atoms with Crippen molar-refractivity contribution in [3.05, 3.63) is 17.0 Å². The van der Waals surface area contributed by atoms with Crippen molar-refractivity contribution in [2.75, 3.05) is 0 Å². The van der Waals surface area contributed by atoms with E-state index in [-0.39, 0.29) is 5.54 Å². The summed E-state index contributed by atoms with van der Waals surface area (Å²) in [5, 5.41) is 8.09. The van der Waals surface area contributed by atoms with Gasteiger partial charge in [0.05, 0.1) is 5.69 Å². The average Bonchev–Trinajstić information content (AvgIpc) is 2.51. The van der Waals surface area contributed by atoms with Crippen LogP contribution in [0.15, 0.2) is 0 Å². The van der Waals surface area contributed by atoms with Gasteiger partial charge >= 0.3 is 0 Å². The minimum absolute atomic E-state index is 0.245. The molecule has 0 saturated heterocycles. The Balaban J connectivity index is 2.74. The second-order valence-electron chi connectivity index (χ2n) is 4.89. The maximum Gasteiger partial charge on any atom is 0.0641 e. The number of nitrogens with zero attached hydrogens (tertiary/aromatic N) is 2. The van der Waals surface area contributed by atoms with Gasteiger partial charge in [-0.15, -0.1) is 0 Å². The molecule has 0 spiro atoms. The van der Waals surface area contributed by atoms with Crippen molar-refractivity contribution in [1.82, 2.24) is 15.1 Å². The normalized spacial score (nSPS) is 12.1. The van der Waals surface area contributed by atoms with E-state index in [1.54, 1.807) is 0 Å². The van der Waals surface area contributed by atoms with Crippen molar-refractivity contribution < 1.29 is 0 Å². The molecule has 0 aromatic carbocycles. The molecular weight excluding hydrogens is 198 g/mol. The zero-order chi connectivity index (χ0) is 12.3. The zero-order valence-electron chi connectivity index (χ0n) is 11.5. The van der Waals surface area contributed by atoms with Gasteiger partial charge in [-0.25, -0.2) is 0 Å². The van der Waals surface area contributed by atoms with Crippen LogP contribution in [-0.4, -0.2) is 15.3 Å². The molecule has 0 aliphatic heterocycles. The smallest absolute Gasteiger partial charge is 0.0641 e. The van der Waals surface area contributed by atoms with Gasteiger partial charge in [0, 0.05) is 30.4 Å². The third-order valence-electron chi connectivity index (χ3n) is 3.91. The Hall–Kier alpha value is -0.830. The van der Waals surface area contributed by atoms with Gasteiger partial charge in [-0.2, -0.15) is 5.10 Å². The summed E-state index contributed by atoms with van der Waals surface area (Å²) in [6, 6.07) is 0. The van der Waals surface area contributed by atoms with Gasteiger partial charge in [-0.05, 0) is 33.6 Å². The van der Waals surface area contributed by atoms with Crippen LogP contribution < -0.4 is 5.32 Å². The van der Waals surface area contributed by atoms with E-state index >= 15 is 0 Å². The topological polar surface area (TPSA) is 29.9 Å². The van der Waals surface area contributed by atoms with Crippen molar-refractivity contribution in [2.45, 2.75) is 59.5 Å². The maximum absolute atomic E-state index is 4.44. The highest BCUT2D eigenvalue weighted by Gasteiger charge is 2.19. The van der Waals surface area contributed by atoms with Crippen LogP contribution in [0.2, 0.25) is 0 Å². The fourth-order valence-electron chi connectivity index (χ4n) is 1.88. The van der Waals surface area contributed by atoms with Gasteiger partial charge < -0.3 is 5.32 Å². The SMILES string of the molecule is CCC(C)(CC)NCc1c(C)nn(C)c1C. The van der Waals surface area contributed by atoms with E-state index in [9.17, 15) is 0 Å². The van der Waals surface area contributed by atoms with E-state index in [0.29, 0.717) is 0 Å². The molecule has 1 rings (SSSR count). The molecule has 0 aliphatic rings. The Labute approximate surface area is 99.2 Å². The van der Waals surface area contributed by atoms with Crippen LogP contribution in [0, 0.1) is 13.8 Å². The van der Waals surface area contributed by atoms with Gasteiger partial charge in [0.2, 0.25) is 0 Å². The van der Waals surface area contributed by atoms with Crippen LogP contribution in [0.3, 0.4) is 0 Å². The highest BCUT2D eigenvalue weighted by Crippen LogP contribution is 2.17. The number of aryl methyl sites for hydroxylation is 2. The second kappa shape index (κ2) is 5.00. The van der Waals surface area contributed by atoms with Gasteiger partial charge in [0.25, 0.3) is 0 Å². The summed E-state index contributed by atoms with van der Waals surface area (Å²) < 4.78 is 1.96. The lowest BCUT2D eigenvalue weighted by Crippen LogP contribution is -2.40. The van der Waals surface area contributed by atoms with Crippen molar-refractivity contribution in [1.29, 1.82) is 0 Å². The predicted octanol–water partition coefficient (Wildman–Crippen LogP) is 2.71. The van der Waals surface area contributed by atoms with Crippen LogP contribution in [-0.2, 0) is 13.6 Å². The van der Waals surface area contributed by atoms with Crippen LogP contribution in [0.5, 0.6) is 0 Å². The summed E-state index contributed by atoms with van der Waals surface area (Å²) in [5.74, 6) is 0. The Morgan fingerprint density at radius 1 is 1.25 bits per heavy atom. The number of nitrogens with one attached hydrogen (secondary N) is 1. The zero-order valence-corrected chi connectivity index (χ0v) is 11.5. The summed E-state index contributed by atoms with van der Waals surface area (Å²) in [4.78, 5) is 0. The third kappa shape index (κ3) is 2.64. The first-order chi connectivity index (χ1) is 7.43. The van der Waals surface area contributed by atoms with Crippen LogP contribution in [0.4, 0.5) is 0 Å². The molecule has 0 amide bonds. The molecule has 0 atom stereocenters. The van der Waals surface area contributed by atoms with Gasteiger partial charge in [0.1, 0.15) is 0 Å². The first-order valence-electron chi connectivity index (χ1n) is 6.17. The molecule has 0 radical (unpaired) electrons. The van der Waals surface area contributed by atoms with Crippen LogP contribution in [0.25, 0.3) is 0 Å². The Morgan fingerprint density at radius 2 is 1.81 bits per heavy atom. The highest BCUT2D eigenvalue weighted by atomic mass is 15.3. The molecule has 0 unspecified atom stereocenters. The van der Waals surface area contributed by atoms with Gasteiger partial charge in [-0.3, -0.25) is 4.68 Å². The molecule has 0 saturated carbocycles. The van der Waals surface area contributed by atoms with E-state index in [1.165, 1.54) is 11.3 Å². The van der Waals surface area contributed by atoms with Crippen molar-refractivity contribution >= 4 is 0 Å². The molecule has 16 heavy (non-hydrogen) atoms. The standard InChI is InChI=1S/C13H25N3/c1-7-13(5,8-2)14-9-12-10(3)15-16(6)11(12)4/h14H,7-9H2,1-6H3. The van der Waals surface area contributed by atoms with E-state index in [2.05, 4.69) is 45.0 Å². The lowest BCUT2D eigenvalue weighted by Gasteiger charge is -2.28. The molecule has 1 heterocycles. The minimum atomic E-state index is 0.245. The monoisotopic (exact) mass is 223 g/mol. The van der Waals surface area contributed by atoms with E-state index in [1.807, 2.05) is 11.7 Å². The highest BCUT2D eigenvalue weighted by molar-refractivity contribution is 5.24. The summed E-state index contributed by atoms with van der Waals surface area (Å²) in [7, 11) is 2.00. The second-order valence-corrected chi connectivity index (χ2v) is 4.89. The van der Waals surface area contributed by atoms with Gasteiger partial charge in [0.15, 0.2) is 0 Å². The predicted molar refractivity (Wildman–Crippen MR) is 68.5 cm³/mol. The molecular formula is C13H25N3. The first-order valence-corrected chi connectivity index (χ1v) is 6.17. The fourth-order valence-corrected chi connectivity index (χ4v) is 1.88. The number of aromatic nitrogens is 2. The molecule has 0 fully saturated rings. The van der Waals surface area contributed by atoms with E-state index < -0.39 is 0 Å². The number of hydrogen-bond donors (Lipinski definition) is 1. The quantitative estimate of drug-likeness (QED) is 0.832. The number of rotatable bonds is 5. The molecule has 0 bridgehead atoms. The lowest BCUT2D eigenvalue weighted by atomic mass is 9.95. The van der Waals surface area contributed by atoms with E-state index in [4.69, 9.17) is 0 Å². The molecule has 1 N–H and O–H groups in total. The van der Waals surface area contributed by atoms with Crippen molar-refractivity contribution in [2.24, 2.45) is 7.05 Å². The van der Waals surface area contributed by atoms with Crippen LogP contribution >= 0.6 is 0 Å². The van der Waals surface area contributed by atoms with Crippen molar-refractivity contribution in [3.8, 4) is 0 Å². The fraction of sp³-hybridized carbons (Fsp3) is 0.769. The minimum Gasteiger partial charge on any atom is -0.307 e. The Morgan fingerprint density at radius 3 is 2.19 bits per heavy atom. The van der Waals surface area contributed by atoms with Crippen LogP contribution in [0.1, 0.15) is 50.6 Å². The Kier molecular flexibility index (Phi) is 4.14. The largest absolute Gasteiger partial charge is 0.307 e. The molecule has 3 nitrogen and oxygen atoms in total. The average molecular weight is 223 g/mol. The molecule has 3 heteroatoms.